The Balaban J connectivity index is 2.20. The molecule has 0 fully saturated rings. The van der Waals surface area contributed by atoms with E-state index in [0.29, 0.717) is 0 Å². The molecule has 76 valence electrons. The minimum Gasteiger partial charge on any atom is -0.481 e. The summed E-state index contributed by atoms with van der Waals surface area (Å²) in [6, 6.07) is 1.80. The number of thiophene rings is 1. The van der Waals surface area contributed by atoms with Crippen molar-refractivity contribution in [3.8, 4) is 0 Å². The van der Waals surface area contributed by atoms with Crippen LogP contribution in [0, 0.1) is 0 Å². The molecule has 0 unspecified atom stereocenters. The number of anilines is 1. The van der Waals surface area contributed by atoms with Crippen LogP contribution in [-0.2, 0) is 9.59 Å². The quantitative estimate of drug-likeness (QED) is 0.806. The molecule has 0 aliphatic carbocycles. The van der Waals surface area contributed by atoms with E-state index in [-0.39, 0.29) is 17.4 Å². The standard InChI is InChI=1S/C8H9NO3S2/c10-7(4-14-5-8(11)12)9-6-1-2-13-3-6/h1-3H,4-5H2,(H,9,10)(H,11,12). The van der Waals surface area contributed by atoms with Crippen molar-refractivity contribution in [3.63, 3.8) is 0 Å². The Morgan fingerprint density at radius 3 is 2.86 bits per heavy atom. The maximum absolute atomic E-state index is 11.2. The SMILES string of the molecule is O=C(O)CSCC(=O)Nc1ccsc1. The molecule has 1 amide bonds. The molecule has 6 heteroatoms. The zero-order valence-electron chi connectivity index (χ0n) is 7.23. The second kappa shape index (κ2) is 5.66. The number of hydrogen-bond acceptors (Lipinski definition) is 4. The van der Waals surface area contributed by atoms with Crippen LogP contribution < -0.4 is 5.32 Å². The largest absolute Gasteiger partial charge is 0.481 e. The van der Waals surface area contributed by atoms with Crippen LogP contribution >= 0.6 is 23.1 Å². The maximum Gasteiger partial charge on any atom is 0.313 e. The average molecular weight is 231 g/mol. The first-order valence-corrected chi connectivity index (χ1v) is 5.90. The normalized spacial score (nSPS) is 9.71. The lowest BCUT2D eigenvalue weighted by Crippen LogP contribution is -2.14. The first kappa shape index (κ1) is 11.1. The van der Waals surface area contributed by atoms with Crippen molar-refractivity contribution < 1.29 is 14.7 Å². The number of nitrogens with one attached hydrogen (secondary N) is 1. The predicted octanol–water partition coefficient (Wildman–Crippen LogP) is 1.50. The van der Waals surface area contributed by atoms with E-state index in [1.807, 2.05) is 10.8 Å². The fraction of sp³-hybridized carbons (Fsp3) is 0.250. The summed E-state index contributed by atoms with van der Waals surface area (Å²) >= 11 is 2.58. The van der Waals surface area contributed by atoms with Gasteiger partial charge in [-0.05, 0) is 11.4 Å². The number of carboxylic acids is 1. The molecule has 0 aliphatic heterocycles. The van der Waals surface area contributed by atoms with Gasteiger partial charge >= 0.3 is 5.97 Å². The molecule has 0 aromatic carbocycles. The van der Waals surface area contributed by atoms with Gasteiger partial charge in [0.15, 0.2) is 0 Å². The van der Waals surface area contributed by atoms with E-state index in [0.717, 1.165) is 17.4 Å². The van der Waals surface area contributed by atoms with Crippen molar-refractivity contribution >= 4 is 40.7 Å². The van der Waals surface area contributed by atoms with Gasteiger partial charge in [-0.15, -0.1) is 11.8 Å². The summed E-state index contributed by atoms with van der Waals surface area (Å²) in [4.78, 5) is 21.3. The molecule has 1 heterocycles. The van der Waals surface area contributed by atoms with Crippen molar-refractivity contribution in [2.24, 2.45) is 0 Å². The topological polar surface area (TPSA) is 66.4 Å². The zero-order valence-corrected chi connectivity index (χ0v) is 8.86. The van der Waals surface area contributed by atoms with Gasteiger partial charge in [0.1, 0.15) is 0 Å². The van der Waals surface area contributed by atoms with Gasteiger partial charge in [0.25, 0.3) is 0 Å². The molecule has 1 aromatic rings. The number of rotatable bonds is 5. The van der Waals surface area contributed by atoms with Crippen molar-refractivity contribution in [2.45, 2.75) is 0 Å². The van der Waals surface area contributed by atoms with Gasteiger partial charge in [0.2, 0.25) is 5.91 Å². The number of aliphatic carboxylic acids is 1. The number of carbonyl (C=O) groups excluding carboxylic acids is 1. The summed E-state index contributed by atoms with van der Waals surface area (Å²) in [6.45, 7) is 0. The second-order valence-electron chi connectivity index (χ2n) is 2.45. The van der Waals surface area contributed by atoms with Crippen molar-refractivity contribution in [1.29, 1.82) is 0 Å². The summed E-state index contributed by atoms with van der Waals surface area (Å²) in [5.74, 6) is -0.952. The molecule has 14 heavy (non-hydrogen) atoms. The monoisotopic (exact) mass is 231 g/mol. The van der Waals surface area contributed by atoms with E-state index in [1.54, 1.807) is 6.07 Å². The molecular weight excluding hydrogens is 222 g/mol. The Morgan fingerprint density at radius 1 is 1.50 bits per heavy atom. The lowest BCUT2D eigenvalue weighted by Gasteiger charge is -2.00. The summed E-state index contributed by atoms with van der Waals surface area (Å²) in [5, 5.41) is 14.7. The molecule has 0 atom stereocenters. The number of thioether (sulfide) groups is 1. The maximum atomic E-state index is 11.2. The zero-order chi connectivity index (χ0) is 10.4. The molecule has 4 nitrogen and oxygen atoms in total. The summed E-state index contributed by atoms with van der Waals surface area (Å²) in [7, 11) is 0. The van der Waals surface area contributed by atoms with Crippen LogP contribution in [0.25, 0.3) is 0 Å². The van der Waals surface area contributed by atoms with Crippen LogP contribution in [0.3, 0.4) is 0 Å². The smallest absolute Gasteiger partial charge is 0.313 e. The van der Waals surface area contributed by atoms with E-state index in [2.05, 4.69) is 5.32 Å². The Bertz CT molecular complexity index is 310. The second-order valence-corrected chi connectivity index (χ2v) is 4.21. The molecule has 0 radical (unpaired) electrons. The van der Waals surface area contributed by atoms with E-state index in [1.165, 1.54) is 11.3 Å². The van der Waals surface area contributed by atoms with Gasteiger partial charge in [-0.2, -0.15) is 11.3 Å². The number of carbonyl (C=O) groups is 2. The van der Waals surface area contributed by atoms with Crippen LogP contribution in [0.4, 0.5) is 5.69 Å². The third-order valence-electron chi connectivity index (χ3n) is 1.26. The highest BCUT2D eigenvalue weighted by molar-refractivity contribution is 8.00. The minimum absolute atomic E-state index is 0.0446. The van der Waals surface area contributed by atoms with Gasteiger partial charge in [-0.3, -0.25) is 9.59 Å². The molecule has 0 bridgehead atoms. The minimum atomic E-state index is -0.904. The molecule has 0 aliphatic rings. The van der Waals surface area contributed by atoms with Gasteiger partial charge in [-0.1, -0.05) is 0 Å². The Morgan fingerprint density at radius 2 is 2.29 bits per heavy atom. The van der Waals surface area contributed by atoms with E-state index in [9.17, 15) is 9.59 Å². The van der Waals surface area contributed by atoms with Crippen molar-refractivity contribution in [2.75, 3.05) is 16.8 Å². The van der Waals surface area contributed by atoms with Crippen molar-refractivity contribution in [1.82, 2.24) is 0 Å². The molecule has 2 N–H and O–H groups in total. The third kappa shape index (κ3) is 4.29. The highest BCUT2D eigenvalue weighted by Gasteiger charge is 2.04. The predicted molar refractivity (Wildman–Crippen MR) is 57.9 cm³/mol. The Hall–Kier alpha value is -1.01. The first-order valence-electron chi connectivity index (χ1n) is 3.80. The van der Waals surface area contributed by atoms with Crippen LogP contribution in [0.1, 0.15) is 0 Å². The highest BCUT2D eigenvalue weighted by atomic mass is 32.2. The van der Waals surface area contributed by atoms with Crippen molar-refractivity contribution in [3.05, 3.63) is 16.8 Å². The molecular formula is C8H9NO3S2. The van der Waals surface area contributed by atoms with Gasteiger partial charge in [0, 0.05) is 5.38 Å². The third-order valence-corrected chi connectivity index (χ3v) is 2.86. The van der Waals surface area contributed by atoms with Crippen LogP contribution in [-0.4, -0.2) is 28.5 Å². The molecule has 1 aromatic heterocycles. The van der Waals surface area contributed by atoms with Crippen LogP contribution in [0.2, 0.25) is 0 Å². The van der Waals surface area contributed by atoms with Crippen LogP contribution in [0.5, 0.6) is 0 Å². The van der Waals surface area contributed by atoms with E-state index < -0.39 is 5.97 Å². The Kier molecular flexibility index (Phi) is 4.48. The number of amides is 1. The fourth-order valence-corrected chi connectivity index (χ4v) is 1.89. The summed E-state index contributed by atoms with van der Waals surface area (Å²) < 4.78 is 0. The fourth-order valence-electron chi connectivity index (χ4n) is 0.764. The highest BCUT2D eigenvalue weighted by Crippen LogP contribution is 2.12. The lowest BCUT2D eigenvalue weighted by molar-refractivity contribution is -0.133. The molecule has 0 spiro atoms. The first-order chi connectivity index (χ1) is 6.68. The van der Waals surface area contributed by atoms with E-state index in [4.69, 9.17) is 5.11 Å². The molecule has 1 rings (SSSR count). The number of carboxylic acid groups (broad SMARTS) is 1. The lowest BCUT2D eigenvalue weighted by atomic mass is 10.5. The van der Waals surface area contributed by atoms with E-state index >= 15 is 0 Å². The summed E-state index contributed by atoms with van der Waals surface area (Å²) in [6.07, 6.45) is 0. The molecule has 0 saturated carbocycles. The molecule has 0 saturated heterocycles. The Labute approximate surface area is 89.3 Å². The van der Waals surface area contributed by atoms with Gasteiger partial charge < -0.3 is 10.4 Å². The summed E-state index contributed by atoms with van der Waals surface area (Å²) in [5.41, 5.74) is 0.760. The van der Waals surface area contributed by atoms with Gasteiger partial charge in [-0.25, -0.2) is 0 Å². The van der Waals surface area contributed by atoms with Crippen LogP contribution in [0.15, 0.2) is 16.8 Å². The van der Waals surface area contributed by atoms with Gasteiger partial charge in [0.05, 0.1) is 17.2 Å². The average Bonchev–Trinajstić information content (AvgIpc) is 2.56. The number of hydrogen-bond donors (Lipinski definition) is 2.